The van der Waals surface area contributed by atoms with E-state index in [1.54, 1.807) is 36.4 Å². The molecule has 4 rings (SSSR count). The first-order valence-corrected chi connectivity index (χ1v) is 11.6. The van der Waals surface area contributed by atoms with Crippen LogP contribution >= 0.6 is 0 Å². The molecule has 0 aliphatic carbocycles. The van der Waals surface area contributed by atoms with E-state index in [9.17, 15) is 13.6 Å². The Morgan fingerprint density at radius 1 is 0.921 bits per heavy atom. The number of ether oxygens (including phenoxy) is 4. The van der Waals surface area contributed by atoms with E-state index >= 15 is 0 Å². The molecule has 0 unspecified atom stereocenters. The van der Waals surface area contributed by atoms with Crippen molar-refractivity contribution in [2.75, 3.05) is 27.9 Å². The van der Waals surface area contributed by atoms with Gasteiger partial charge in [0.25, 0.3) is 5.91 Å². The number of benzene rings is 3. The van der Waals surface area contributed by atoms with Crippen molar-refractivity contribution in [3.63, 3.8) is 0 Å². The molecule has 0 spiro atoms. The molecule has 9 nitrogen and oxygen atoms in total. The zero-order valence-electron chi connectivity index (χ0n) is 21.2. The molecule has 0 saturated heterocycles. The number of halogens is 2. The van der Waals surface area contributed by atoms with Gasteiger partial charge >= 0.3 is 0 Å². The van der Waals surface area contributed by atoms with Crippen LogP contribution in [0.1, 0.15) is 23.1 Å². The molecule has 38 heavy (non-hydrogen) atoms. The molecule has 0 radical (unpaired) electrons. The summed E-state index contributed by atoms with van der Waals surface area (Å²) >= 11 is 0. The summed E-state index contributed by atoms with van der Waals surface area (Å²) in [6, 6.07) is 13.5. The first-order valence-electron chi connectivity index (χ1n) is 11.6. The number of rotatable bonds is 10. The second-order valence-electron chi connectivity index (χ2n) is 7.97. The van der Waals surface area contributed by atoms with E-state index in [4.69, 9.17) is 18.9 Å². The van der Waals surface area contributed by atoms with Crippen LogP contribution in [-0.4, -0.2) is 48.6 Å². The van der Waals surface area contributed by atoms with Crippen molar-refractivity contribution in [1.82, 2.24) is 20.1 Å². The molecule has 0 saturated carbocycles. The Balaban J connectivity index is 1.75. The molecule has 4 aromatic rings. The van der Waals surface area contributed by atoms with Crippen LogP contribution in [0.4, 0.5) is 8.78 Å². The van der Waals surface area contributed by atoms with Crippen LogP contribution < -0.4 is 24.3 Å². The van der Waals surface area contributed by atoms with Gasteiger partial charge in [-0.15, -0.1) is 5.10 Å². The van der Waals surface area contributed by atoms with E-state index < -0.39 is 17.5 Å². The Labute approximate surface area is 217 Å². The third-order valence-corrected chi connectivity index (χ3v) is 5.50. The number of amides is 1. The number of nitrogens with zero attached hydrogens (tertiary/aromatic N) is 3. The lowest BCUT2D eigenvalue weighted by Crippen LogP contribution is -2.24. The Bertz CT molecular complexity index is 1390. The van der Waals surface area contributed by atoms with Gasteiger partial charge in [-0.3, -0.25) is 4.79 Å². The molecule has 1 heterocycles. The summed E-state index contributed by atoms with van der Waals surface area (Å²) in [5.41, 5.74) is 1.40. The predicted molar refractivity (Wildman–Crippen MR) is 135 cm³/mol. The van der Waals surface area contributed by atoms with Crippen molar-refractivity contribution in [1.29, 1.82) is 0 Å². The van der Waals surface area contributed by atoms with E-state index in [1.807, 2.05) is 6.92 Å². The van der Waals surface area contributed by atoms with Crippen LogP contribution in [0.5, 0.6) is 23.0 Å². The lowest BCUT2D eigenvalue weighted by molar-refractivity contribution is 0.0940. The van der Waals surface area contributed by atoms with Gasteiger partial charge in [0, 0.05) is 18.2 Å². The molecule has 0 aliphatic heterocycles. The highest BCUT2D eigenvalue weighted by molar-refractivity contribution is 5.91. The van der Waals surface area contributed by atoms with Crippen molar-refractivity contribution in [2.24, 2.45) is 0 Å². The molecule has 3 aromatic carbocycles. The summed E-state index contributed by atoms with van der Waals surface area (Å²) in [6.45, 7) is 2.28. The summed E-state index contributed by atoms with van der Waals surface area (Å²) in [6.07, 6.45) is 0. The van der Waals surface area contributed by atoms with Gasteiger partial charge in [-0.25, -0.2) is 18.4 Å². The number of aromatic nitrogens is 3. The molecule has 0 bridgehead atoms. The monoisotopic (exact) mass is 524 g/mol. The summed E-state index contributed by atoms with van der Waals surface area (Å²) in [7, 11) is 4.48. The fourth-order valence-corrected chi connectivity index (χ4v) is 3.81. The predicted octanol–water partition coefficient (Wildman–Crippen LogP) is 4.57. The van der Waals surface area contributed by atoms with Gasteiger partial charge in [0.2, 0.25) is 11.6 Å². The van der Waals surface area contributed by atoms with E-state index in [2.05, 4.69) is 15.4 Å². The molecular formula is C27H26F2N4O5. The zero-order valence-corrected chi connectivity index (χ0v) is 21.2. The Morgan fingerprint density at radius 3 is 2.11 bits per heavy atom. The van der Waals surface area contributed by atoms with E-state index in [0.29, 0.717) is 46.7 Å². The van der Waals surface area contributed by atoms with Gasteiger partial charge in [-0.2, -0.15) is 0 Å². The van der Waals surface area contributed by atoms with Crippen LogP contribution in [0, 0.1) is 11.6 Å². The standard InChI is InChI=1S/C27H26F2N4O5/c1-5-38-21-8-6-20(7-9-21)33-26(17-12-22(35-2)24(37-4)23(13-17)36-3)31-25(32-33)27(34)30-15-16-10-18(28)14-19(29)11-16/h6-14H,5,15H2,1-4H3,(H,30,34). The fourth-order valence-electron chi connectivity index (χ4n) is 3.81. The highest BCUT2D eigenvalue weighted by Gasteiger charge is 2.22. The summed E-state index contributed by atoms with van der Waals surface area (Å²) < 4.78 is 50.5. The zero-order chi connectivity index (χ0) is 27.2. The van der Waals surface area contributed by atoms with Crippen molar-refractivity contribution in [3.05, 3.63) is 77.6 Å². The largest absolute Gasteiger partial charge is 0.494 e. The Hall–Kier alpha value is -4.67. The molecule has 1 N–H and O–H groups in total. The SMILES string of the molecule is CCOc1ccc(-n2nc(C(=O)NCc3cc(F)cc(F)c3)nc2-c2cc(OC)c(OC)c(OC)c2)cc1. The fraction of sp³-hybridized carbons (Fsp3) is 0.222. The van der Waals surface area contributed by atoms with Crippen LogP contribution in [0.25, 0.3) is 17.1 Å². The number of carbonyl (C=O) groups is 1. The third kappa shape index (κ3) is 5.66. The molecule has 0 aliphatic rings. The number of methoxy groups -OCH3 is 3. The minimum absolute atomic E-state index is 0.120. The number of nitrogens with one attached hydrogen (secondary N) is 1. The van der Waals surface area contributed by atoms with Gasteiger partial charge in [0.1, 0.15) is 17.4 Å². The number of hydrogen-bond donors (Lipinski definition) is 1. The van der Waals surface area contributed by atoms with E-state index in [0.717, 1.165) is 18.2 Å². The van der Waals surface area contributed by atoms with Gasteiger partial charge in [-0.1, -0.05) is 0 Å². The number of hydrogen-bond acceptors (Lipinski definition) is 7. The lowest BCUT2D eigenvalue weighted by atomic mass is 10.1. The third-order valence-electron chi connectivity index (χ3n) is 5.50. The Kier molecular flexibility index (Phi) is 8.05. The summed E-state index contributed by atoms with van der Waals surface area (Å²) in [4.78, 5) is 17.5. The smallest absolute Gasteiger partial charge is 0.291 e. The van der Waals surface area contributed by atoms with Crippen molar-refractivity contribution in [3.8, 4) is 40.1 Å². The second-order valence-corrected chi connectivity index (χ2v) is 7.97. The highest BCUT2D eigenvalue weighted by atomic mass is 19.1. The maximum atomic E-state index is 13.5. The van der Waals surface area contributed by atoms with E-state index in [-0.39, 0.29) is 17.9 Å². The maximum absolute atomic E-state index is 13.5. The average Bonchev–Trinajstić information content (AvgIpc) is 3.36. The maximum Gasteiger partial charge on any atom is 0.291 e. The molecule has 0 fully saturated rings. The van der Waals surface area contributed by atoms with Crippen LogP contribution in [0.2, 0.25) is 0 Å². The molecule has 1 aromatic heterocycles. The molecule has 198 valence electrons. The van der Waals surface area contributed by atoms with Gasteiger partial charge in [0.05, 0.1) is 33.6 Å². The lowest BCUT2D eigenvalue weighted by Gasteiger charge is -2.14. The molecule has 11 heteroatoms. The van der Waals surface area contributed by atoms with Crippen LogP contribution in [-0.2, 0) is 6.54 Å². The van der Waals surface area contributed by atoms with Crippen molar-refractivity contribution >= 4 is 5.91 Å². The minimum Gasteiger partial charge on any atom is -0.494 e. The highest BCUT2D eigenvalue weighted by Crippen LogP contribution is 2.41. The Morgan fingerprint density at radius 2 is 1.55 bits per heavy atom. The first kappa shape index (κ1) is 26.4. The summed E-state index contributed by atoms with van der Waals surface area (Å²) in [5, 5.41) is 7.03. The normalized spacial score (nSPS) is 10.7. The van der Waals surface area contributed by atoms with Gasteiger partial charge in [-0.05, 0) is 61.0 Å². The molecule has 1 amide bonds. The number of carbonyl (C=O) groups excluding carboxylic acids is 1. The summed E-state index contributed by atoms with van der Waals surface area (Å²) in [5.74, 6) is -0.0989. The van der Waals surface area contributed by atoms with E-state index in [1.165, 1.54) is 26.0 Å². The average molecular weight is 525 g/mol. The molecule has 0 atom stereocenters. The van der Waals surface area contributed by atoms with Crippen molar-refractivity contribution in [2.45, 2.75) is 13.5 Å². The second kappa shape index (κ2) is 11.6. The van der Waals surface area contributed by atoms with Crippen molar-refractivity contribution < 1.29 is 32.5 Å². The topological polar surface area (TPSA) is 96.7 Å². The quantitative estimate of drug-likeness (QED) is 0.325. The van der Waals surface area contributed by atoms with Gasteiger partial charge in [0.15, 0.2) is 17.3 Å². The molecular weight excluding hydrogens is 498 g/mol. The van der Waals surface area contributed by atoms with Gasteiger partial charge < -0.3 is 24.3 Å². The van der Waals surface area contributed by atoms with Crippen LogP contribution in [0.3, 0.4) is 0 Å². The first-order chi connectivity index (χ1) is 18.4. The van der Waals surface area contributed by atoms with Crippen LogP contribution in [0.15, 0.2) is 54.6 Å². The minimum atomic E-state index is -0.739.